The van der Waals surface area contributed by atoms with E-state index in [1.165, 1.54) is 0 Å². The normalized spacial score (nSPS) is 10.5. The summed E-state index contributed by atoms with van der Waals surface area (Å²) >= 11 is 19.7. The van der Waals surface area contributed by atoms with Gasteiger partial charge in [0.15, 0.2) is 5.98 Å². The highest BCUT2D eigenvalue weighted by molar-refractivity contribution is 8.20. The number of carbonyl (C=O) groups is 1. The van der Waals surface area contributed by atoms with Gasteiger partial charge in [0, 0.05) is 5.41 Å². The Morgan fingerprint density at radius 1 is 1.18 bits per heavy atom. The average Bonchev–Trinajstić information content (AvgIpc) is 1.59. The fourth-order valence-electron chi connectivity index (χ4n) is 0. The molecule has 11 heavy (non-hydrogen) atoms. The van der Waals surface area contributed by atoms with E-state index >= 15 is 0 Å². The summed E-state index contributed by atoms with van der Waals surface area (Å²) in [5, 5.41) is -0.285. The van der Waals surface area contributed by atoms with Crippen LogP contribution in [0.4, 0.5) is 0 Å². The van der Waals surface area contributed by atoms with E-state index in [2.05, 4.69) is 0 Å². The van der Waals surface area contributed by atoms with Gasteiger partial charge >= 0.3 is 0 Å². The molecule has 0 fully saturated rings. The quantitative estimate of drug-likeness (QED) is 0.453. The lowest BCUT2D eigenvalue weighted by Gasteiger charge is -2.08. The number of carbonyl (C=O) groups excluding carboxylic acids is 1. The fourth-order valence-corrected chi connectivity index (χ4v) is 0. The summed E-state index contributed by atoms with van der Waals surface area (Å²) in [6.45, 7) is 5.34. The zero-order chi connectivity index (χ0) is 9.65. The first-order valence-corrected chi connectivity index (χ1v) is 7.08. The standard InChI is InChI=1S/C5H9ClO.Cl3P/c1-5(2,3)4(6)7;1-4(2)3/h1-3H3;. The summed E-state index contributed by atoms with van der Waals surface area (Å²) in [7, 11) is 0. The van der Waals surface area contributed by atoms with E-state index in [1.807, 2.05) is 0 Å². The van der Waals surface area contributed by atoms with Crippen molar-refractivity contribution in [2.75, 3.05) is 0 Å². The molecule has 0 aliphatic carbocycles. The van der Waals surface area contributed by atoms with Crippen LogP contribution in [0.15, 0.2) is 0 Å². The first kappa shape index (κ1) is 14.8. The Kier molecular flexibility index (Phi) is 9.05. The van der Waals surface area contributed by atoms with Crippen molar-refractivity contribution in [2.45, 2.75) is 20.8 Å². The summed E-state index contributed by atoms with van der Waals surface area (Å²) < 4.78 is 0. The number of rotatable bonds is 0. The Balaban J connectivity index is 0. The largest absolute Gasteiger partial charge is 0.281 e. The molecule has 68 valence electrons. The minimum Gasteiger partial charge on any atom is -0.281 e. The van der Waals surface area contributed by atoms with E-state index < -0.39 is 5.98 Å². The third-order valence-corrected chi connectivity index (χ3v) is 1.16. The van der Waals surface area contributed by atoms with Gasteiger partial charge in [0.05, 0.1) is 0 Å². The maximum atomic E-state index is 10.2. The van der Waals surface area contributed by atoms with Crippen LogP contribution in [-0.4, -0.2) is 5.24 Å². The predicted molar refractivity (Wildman–Crippen MR) is 54.8 cm³/mol. The van der Waals surface area contributed by atoms with Gasteiger partial charge in [-0.2, -0.15) is 0 Å². The van der Waals surface area contributed by atoms with Crippen molar-refractivity contribution < 1.29 is 4.79 Å². The molecular formula is C5H9Cl4OP. The van der Waals surface area contributed by atoms with Crippen LogP contribution in [0.5, 0.6) is 0 Å². The summed E-state index contributed by atoms with van der Waals surface area (Å²) in [6.07, 6.45) is 0. The van der Waals surface area contributed by atoms with Gasteiger partial charge in [0.2, 0.25) is 5.24 Å². The Morgan fingerprint density at radius 2 is 1.27 bits per heavy atom. The molecular weight excluding hydrogens is 249 g/mol. The van der Waals surface area contributed by atoms with Crippen molar-refractivity contribution in [3.8, 4) is 0 Å². The van der Waals surface area contributed by atoms with E-state index in [9.17, 15) is 4.79 Å². The summed E-state index contributed by atoms with van der Waals surface area (Å²) in [5.74, 6) is -1.20. The molecule has 0 spiro atoms. The smallest absolute Gasteiger partial charge is 0.226 e. The minimum atomic E-state index is -1.20. The van der Waals surface area contributed by atoms with Gasteiger partial charge < -0.3 is 0 Å². The Morgan fingerprint density at radius 3 is 1.27 bits per heavy atom. The van der Waals surface area contributed by atoms with Gasteiger partial charge in [0.25, 0.3) is 0 Å². The second kappa shape index (κ2) is 6.74. The van der Waals surface area contributed by atoms with Crippen LogP contribution in [0.1, 0.15) is 20.8 Å². The highest BCUT2D eigenvalue weighted by Gasteiger charge is 2.17. The van der Waals surface area contributed by atoms with Crippen molar-refractivity contribution in [1.29, 1.82) is 0 Å². The van der Waals surface area contributed by atoms with Crippen LogP contribution in [0, 0.1) is 5.41 Å². The second-order valence-corrected chi connectivity index (χ2v) is 8.04. The van der Waals surface area contributed by atoms with Crippen LogP contribution in [0.3, 0.4) is 0 Å². The third kappa shape index (κ3) is 18.3. The molecule has 0 heterocycles. The van der Waals surface area contributed by atoms with Gasteiger partial charge in [-0.25, -0.2) is 0 Å². The van der Waals surface area contributed by atoms with Gasteiger partial charge in [0.1, 0.15) is 0 Å². The average molecular weight is 258 g/mol. The van der Waals surface area contributed by atoms with Crippen LogP contribution in [-0.2, 0) is 4.79 Å². The molecule has 0 unspecified atom stereocenters. The molecule has 0 aromatic rings. The molecule has 0 rings (SSSR count). The highest BCUT2D eigenvalue weighted by Crippen LogP contribution is 2.51. The van der Waals surface area contributed by atoms with E-state index in [4.69, 9.17) is 45.3 Å². The van der Waals surface area contributed by atoms with Crippen molar-refractivity contribution in [3.63, 3.8) is 0 Å². The molecule has 0 N–H and O–H groups in total. The lowest BCUT2D eigenvalue weighted by Crippen LogP contribution is -2.13. The van der Waals surface area contributed by atoms with Crippen LogP contribution < -0.4 is 0 Å². The van der Waals surface area contributed by atoms with E-state index in [-0.39, 0.29) is 10.7 Å². The lowest BCUT2D eigenvalue weighted by molar-refractivity contribution is -0.118. The zero-order valence-corrected chi connectivity index (χ0v) is 10.3. The van der Waals surface area contributed by atoms with Crippen LogP contribution in [0.25, 0.3) is 0 Å². The van der Waals surface area contributed by atoms with Crippen molar-refractivity contribution >= 4 is 56.5 Å². The lowest BCUT2D eigenvalue weighted by atomic mass is 10.00. The topological polar surface area (TPSA) is 17.1 Å². The summed E-state index contributed by atoms with van der Waals surface area (Å²) in [4.78, 5) is 10.2. The first-order chi connectivity index (χ1) is 4.68. The molecule has 0 radical (unpaired) electrons. The van der Waals surface area contributed by atoms with E-state index in [0.717, 1.165) is 0 Å². The molecule has 0 aliphatic rings. The zero-order valence-electron chi connectivity index (χ0n) is 6.37. The van der Waals surface area contributed by atoms with Crippen molar-refractivity contribution in [3.05, 3.63) is 0 Å². The first-order valence-electron chi connectivity index (χ1n) is 2.65. The Labute approximate surface area is 87.5 Å². The fraction of sp³-hybridized carbons (Fsp3) is 0.800. The second-order valence-electron chi connectivity index (χ2n) is 2.72. The van der Waals surface area contributed by atoms with Gasteiger partial charge in [-0.05, 0) is 11.6 Å². The number of hydrogen-bond acceptors (Lipinski definition) is 1. The van der Waals surface area contributed by atoms with Gasteiger partial charge in [-0.15, -0.1) is 0 Å². The maximum Gasteiger partial charge on any atom is 0.226 e. The SMILES string of the molecule is CC(C)(C)C(=O)Cl.ClP(Cl)Cl. The summed E-state index contributed by atoms with van der Waals surface area (Å²) in [6, 6.07) is 0. The van der Waals surface area contributed by atoms with Crippen molar-refractivity contribution in [1.82, 2.24) is 0 Å². The van der Waals surface area contributed by atoms with Gasteiger partial charge in [-0.3, -0.25) is 4.79 Å². The maximum absolute atomic E-state index is 10.2. The third-order valence-electron chi connectivity index (χ3n) is 0.590. The van der Waals surface area contributed by atoms with Crippen molar-refractivity contribution in [2.24, 2.45) is 5.41 Å². The Bertz CT molecular complexity index is 117. The molecule has 0 atom stereocenters. The number of hydrogen-bond donors (Lipinski definition) is 0. The molecule has 6 heteroatoms. The minimum absolute atomic E-state index is 0.285. The highest BCUT2D eigenvalue weighted by atomic mass is 36.0. The van der Waals surface area contributed by atoms with E-state index in [1.54, 1.807) is 20.8 Å². The predicted octanol–water partition coefficient (Wildman–Crippen LogP) is 4.73. The number of halogens is 4. The van der Waals surface area contributed by atoms with Gasteiger partial charge in [-0.1, -0.05) is 54.5 Å². The van der Waals surface area contributed by atoms with E-state index in [0.29, 0.717) is 0 Å². The monoisotopic (exact) mass is 256 g/mol. The molecule has 0 aromatic carbocycles. The van der Waals surface area contributed by atoms with Crippen LogP contribution >= 0.6 is 51.3 Å². The molecule has 1 nitrogen and oxygen atoms in total. The molecule has 0 saturated carbocycles. The molecule has 0 aromatic heterocycles. The summed E-state index contributed by atoms with van der Waals surface area (Å²) in [5.41, 5.74) is -0.373. The molecule has 0 bridgehead atoms. The molecule has 0 amide bonds. The molecule has 0 aliphatic heterocycles. The Hall–Kier alpha value is 1.26. The van der Waals surface area contributed by atoms with Crippen LogP contribution in [0.2, 0.25) is 0 Å². The molecule has 0 saturated heterocycles.